The summed E-state index contributed by atoms with van der Waals surface area (Å²) in [5.74, 6) is 1.81. The fourth-order valence-corrected chi connectivity index (χ4v) is 3.24. The van der Waals surface area contributed by atoms with Crippen LogP contribution in [0.4, 0.5) is 5.69 Å². The van der Waals surface area contributed by atoms with Crippen molar-refractivity contribution in [2.75, 3.05) is 5.32 Å². The first kappa shape index (κ1) is 12.5. The first-order valence-corrected chi connectivity index (χ1v) is 7.45. The number of H-pyrrole nitrogens is 1. The number of rotatable bonds is 3. The average molecular weight is 257 g/mol. The van der Waals surface area contributed by atoms with E-state index in [-0.39, 0.29) is 0 Å². The molecule has 1 heterocycles. The van der Waals surface area contributed by atoms with E-state index in [1.165, 1.54) is 37.8 Å². The van der Waals surface area contributed by atoms with E-state index in [1.807, 2.05) is 6.92 Å². The minimum Gasteiger partial charge on any atom is -0.382 e. The van der Waals surface area contributed by atoms with Gasteiger partial charge < -0.3 is 10.3 Å². The van der Waals surface area contributed by atoms with Crippen molar-refractivity contribution in [1.29, 1.82) is 0 Å². The summed E-state index contributed by atoms with van der Waals surface area (Å²) >= 11 is 0. The van der Waals surface area contributed by atoms with Crippen molar-refractivity contribution in [3.63, 3.8) is 0 Å². The third-order valence-corrected chi connectivity index (χ3v) is 4.35. The van der Waals surface area contributed by atoms with Crippen molar-refractivity contribution in [2.24, 2.45) is 5.92 Å². The predicted molar refractivity (Wildman–Crippen MR) is 80.5 cm³/mol. The van der Waals surface area contributed by atoms with Crippen LogP contribution < -0.4 is 5.32 Å². The van der Waals surface area contributed by atoms with Crippen molar-refractivity contribution in [1.82, 2.24) is 9.97 Å². The molecular formula is C16H23N3. The molecule has 1 saturated carbocycles. The van der Waals surface area contributed by atoms with Gasteiger partial charge >= 0.3 is 0 Å². The standard InChI is InChI=1S/C16H23N3/c1-11(13-6-4-3-5-7-13)17-14-8-9-15-16(10-14)19-12(2)18-15/h8-11,13,17H,3-7H2,1-2H3,(H,18,19). The maximum atomic E-state index is 4.44. The number of benzene rings is 1. The van der Waals surface area contributed by atoms with E-state index in [9.17, 15) is 0 Å². The van der Waals surface area contributed by atoms with Crippen LogP contribution in [-0.2, 0) is 0 Å². The van der Waals surface area contributed by atoms with E-state index in [4.69, 9.17) is 0 Å². The normalized spacial score (nSPS) is 18.6. The first-order chi connectivity index (χ1) is 9.22. The van der Waals surface area contributed by atoms with Gasteiger partial charge in [0, 0.05) is 11.7 Å². The van der Waals surface area contributed by atoms with E-state index >= 15 is 0 Å². The zero-order chi connectivity index (χ0) is 13.2. The van der Waals surface area contributed by atoms with Crippen LogP contribution >= 0.6 is 0 Å². The lowest BCUT2D eigenvalue weighted by molar-refractivity contribution is 0.328. The molecule has 1 aliphatic rings. The monoisotopic (exact) mass is 257 g/mol. The second kappa shape index (κ2) is 5.24. The van der Waals surface area contributed by atoms with Gasteiger partial charge in [0.25, 0.3) is 0 Å². The molecule has 0 radical (unpaired) electrons. The van der Waals surface area contributed by atoms with Gasteiger partial charge in [0.1, 0.15) is 5.82 Å². The summed E-state index contributed by atoms with van der Waals surface area (Å²) in [6, 6.07) is 6.97. The zero-order valence-electron chi connectivity index (χ0n) is 11.9. The Morgan fingerprint density at radius 3 is 2.84 bits per heavy atom. The molecule has 1 aliphatic carbocycles. The summed E-state index contributed by atoms with van der Waals surface area (Å²) < 4.78 is 0. The van der Waals surface area contributed by atoms with Gasteiger partial charge in [-0.25, -0.2) is 4.98 Å². The predicted octanol–water partition coefficient (Wildman–Crippen LogP) is 4.25. The molecule has 3 rings (SSSR count). The summed E-state index contributed by atoms with van der Waals surface area (Å²) in [7, 11) is 0. The molecule has 1 atom stereocenters. The van der Waals surface area contributed by atoms with Crippen LogP contribution in [-0.4, -0.2) is 16.0 Å². The van der Waals surface area contributed by atoms with Gasteiger partial charge in [0.05, 0.1) is 11.0 Å². The van der Waals surface area contributed by atoms with Crippen LogP contribution in [0.2, 0.25) is 0 Å². The number of fused-ring (bicyclic) bond motifs is 1. The molecule has 0 aliphatic heterocycles. The van der Waals surface area contributed by atoms with Gasteiger partial charge in [-0.2, -0.15) is 0 Å². The van der Waals surface area contributed by atoms with E-state index in [0.717, 1.165) is 22.8 Å². The number of nitrogens with one attached hydrogen (secondary N) is 2. The number of aromatic amines is 1. The molecule has 0 spiro atoms. The number of hydrogen-bond donors (Lipinski definition) is 2. The molecule has 1 unspecified atom stereocenters. The molecule has 2 aromatic rings. The number of nitrogens with zero attached hydrogens (tertiary/aromatic N) is 1. The number of hydrogen-bond acceptors (Lipinski definition) is 2. The van der Waals surface area contributed by atoms with E-state index in [0.29, 0.717) is 6.04 Å². The number of aryl methyl sites for hydroxylation is 1. The van der Waals surface area contributed by atoms with Crippen LogP contribution in [0.5, 0.6) is 0 Å². The Morgan fingerprint density at radius 2 is 2.05 bits per heavy atom. The SMILES string of the molecule is Cc1nc2ccc(NC(C)C3CCCCC3)cc2[nH]1. The van der Waals surface area contributed by atoms with E-state index < -0.39 is 0 Å². The average Bonchev–Trinajstić information content (AvgIpc) is 2.79. The third kappa shape index (κ3) is 2.75. The maximum Gasteiger partial charge on any atom is 0.104 e. The third-order valence-electron chi connectivity index (χ3n) is 4.35. The minimum atomic E-state index is 0.557. The highest BCUT2D eigenvalue weighted by Gasteiger charge is 2.19. The van der Waals surface area contributed by atoms with Crippen molar-refractivity contribution in [3.05, 3.63) is 24.0 Å². The van der Waals surface area contributed by atoms with E-state index in [2.05, 4.69) is 40.4 Å². The summed E-state index contributed by atoms with van der Waals surface area (Å²) in [6.07, 6.45) is 6.96. The number of aromatic nitrogens is 2. The Balaban J connectivity index is 1.72. The Labute approximate surface area is 114 Å². The Morgan fingerprint density at radius 1 is 1.26 bits per heavy atom. The molecule has 1 aromatic carbocycles. The minimum absolute atomic E-state index is 0.557. The van der Waals surface area contributed by atoms with Gasteiger partial charge in [0.2, 0.25) is 0 Å². The molecule has 0 bridgehead atoms. The van der Waals surface area contributed by atoms with Crippen molar-refractivity contribution >= 4 is 16.7 Å². The number of imidazole rings is 1. The molecule has 19 heavy (non-hydrogen) atoms. The molecular weight excluding hydrogens is 234 g/mol. The van der Waals surface area contributed by atoms with Crippen molar-refractivity contribution in [3.8, 4) is 0 Å². The lowest BCUT2D eigenvalue weighted by Crippen LogP contribution is -2.27. The maximum absolute atomic E-state index is 4.44. The summed E-state index contributed by atoms with van der Waals surface area (Å²) in [4.78, 5) is 7.74. The second-order valence-corrected chi connectivity index (χ2v) is 5.89. The van der Waals surface area contributed by atoms with Gasteiger partial charge in [-0.3, -0.25) is 0 Å². The second-order valence-electron chi connectivity index (χ2n) is 5.89. The first-order valence-electron chi connectivity index (χ1n) is 7.45. The summed E-state index contributed by atoms with van der Waals surface area (Å²) in [5.41, 5.74) is 3.38. The lowest BCUT2D eigenvalue weighted by Gasteiger charge is -2.29. The van der Waals surface area contributed by atoms with Gasteiger partial charge in [0.15, 0.2) is 0 Å². The fourth-order valence-electron chi connectivity index (χ4n) is 3.24. The highest BCUT2D eigenvalue weighted by molar-refractivity contribution is 5.79. The molecule has 1 aromatic heterocycles. The Kier molecular flexibility index (Phi) is 3.45. The van der Waals surface area contributed by atoms with Crippen LogP contribution in [0.15, 0.2) is 18.2 Å². The smallest absolute Gasteiger partial charge is 0.104 e. The molecule has 102 valence electrons. The summed E-state index contributed by atoms with van der Waals surface area (Å²) in [6.45, 7) is 4.32. The van der Waals surface area contributed by atoms with Gasteiger partial charge in [-0.1, -0.05) is 19.3 Å². The molecule has 3 heteroatoms. The van der Waals surface area contributed by atoms with Gasteiger partial charge in [-0.15, -0.1) is 0 Å². The molecule has 1 fully saturated rings. The Hall–Kier alpha value is -1.51. The van der Waals surface area contributed by atoms with Crippen LogP contribution in [0.25, 0.3) is 11.0 Å². The van der Waals surface area contributed by atoms with Crippen molar-refractivity contribution in [2.45, 2.75) is 52.0 Å². The quantitative estimate of drug-likeness (QED) is 0.863. The molecule has 2 N–H and O–H groups in total. The van der Waals surface area contributed by atoms with Crippen LogP contribution in [0.1, 0.15) is 44.9 Å². The lowest BCUT2D eigenvalue weighted by atomic mass is 9.84. The highest BCUT2D eigenvalue weighted by Crippen LogP contribution is 2.28. The topological polar surface area (TPSA) is 40.7 Å². The fraction of sp³-hybridized carbons (Fsp3) is 0.562. The van der Waals surface area contributed by atoms with E-state index in [1.54, 1.807) is 0 Å². The molecule has 0 saturated heterocycles. The largest absolute Gasteiger partial charge is 0.382 e. The molecule has 0 amide bonds. The highest BCUT2D eigenvalue weighted by atomic mass is 14.9. The van der Waals surface area contributed by atoms with Crippen LogP contribution in [0.3, 0.4) is 0 Å². The Bertz CT molecular complexity index is 552. The summed E-state index contributed by atoms with van der Waals surface area (Å²) in [5, 5.41) is 3.67. The van der Waals surface area contributed by atoms with Crippen molar-refractivity contribution < 1.29 is 0 Å². The molecule has 3 nitrogen and oxygen atoms in total. The number of anilines is 1. The zero-order valence-corrected chi connectivity index (χ0v) is 11.9. The van der Waals surface area contributed by atoms with Gasteiger partial charge in [-0.05, 0) is 50.8 Å². The van der Waals surface area contributed by atoms with Crippen LogP contribution in [0, 0.1) is 12.8 Å².